The second-order valence-electron chi connectivity index (χ2n) is 5.19. The number of rotatable bonds is 4. The van der Waals surface area contributed by atoms with Crippen LogP contribution >= 0.6 is 0 Å². The monoisotopic (exact) mass is 266 g/mol. The number of nitrogens with one attached hydrogen (secondary N) is 1. The summed E-state index contributed by atoms with van der Waals surface area (Å²) in [6.45, 7) is 2.19. The minimum Gasteiger partial charge on any atom is -0.380 e. The highest BCUT2D eigenvalue weighted by Gasteiger charge is 2.21. The molecular weight excluding hydrogens is 247 g/mol. The molecular formula is C14H19FN2O2. The van der Waals surface area contributed by atoms with Crippen molar-refractivity contribution in [3.63, 3.8) is 0 Å². The van der Waals surface area contributed by atoms with Gasteiger partial charge in [-0.2, -0.15) is 0 Å². The Kier molecular flexibility index (Phi) is 4.35. The fourth-order valence-electron chi connectivity index (χ4n) is 2.67. The molecule has 0 spiro atoms. The summed E-state index contributed by atoms with van der Waals surface area (Å²) >= 11 is 0. The highest BCUT2D eigenvalue weighted by atomic mass is 19.1. The van der Waals surface area contributed by atoms with E-state index < -0.39 is 10.7 Å². The Morgan fingerprint density at radius 2 is 2.05 bits per heavy atom. The van der Waals surface area contributed by atoms with Gasteiger partial charge in [0.2, 0.25) is 0 Å². The number of non-ortho nitro benzene ring substituents is 1. The van der Waals surface area contributed by atoms with Crippen LogP contribution in [0.2, 0.25) is 0 Å². The van der Waals surface area contributed by atoms with Crippen LogP contribution < -0.4 is 5.32 Å². The highest BCUT2D eigenvalue weighted by Crippen LogP contribution is 2.30. The van der Waals surface area contributed by atoms with Gasteiger partial charge in [0.25, 0.3) is 5.69 Å². The molecule has 1 aromatic carbocycles. The van der Waals surface area contributed by atoms with Gasteiger partial charge in [0, 0.05) is 18.2 Å². The fourth-order valence-corrected chi connectivity index (χ4v) is 2.67. The number of hydrogen-bond acceptors (Lipinski definition) is 3. The lowest BCUT2D eigenvalue weighted by atomic mass is 9.84. The van der Waals surface area contributed by atoms with E-state index >= 15 is 0 Å². The minimum absolute atomic E-state index is 0.0776. The Morgan fingerprint density at radius 1 is 1.37 bits per heavy atom. The predicted molar refractivity (Wildman–Crippen MR) is 72.7 cm³/mol. The summed E-state index contributed by atoms with van der Waals surface area (Å²) in [5.41, 5.74) is 0.167. The van der Waals surface area contributed by atoms with E-state index in [-0.39, 0.29) is 17.4 Å². The molecule has 0 aliphatic heterocycles. The Hall–Kier alpha value is -1.65. The maximum Gasteiger partial charge on any atom is 0.271 e. The molecule has 2 rings (SSSR count). The zero-order valence-corrected chi connectivity index (χ0v) is 11.1. The van der Waals surface area contributed by atoms with Crippen LogP contribution in [-0.2, 0) is 0 Å². The van der Waals surface area contributed by atoms with E-state index in [9.17, 15) is 14.5 Å². The van der Waals surface area contributed by atoms with E-state index in [0.717, 1.165) is 37.7 Å². The molecule has 1 aromatic rings. The number of benzene rings is 1. The normalized spacial score (nSPS) is 23.1. The molecule has 0 amide bonds. The standard InChI is InChI=1S/C14H19FN2O2/c1-2-10-3-5-11(6-4-10)16-14-9-12(17(18)19)7-8-13(14)15/h7-11,16H,2-6H2,1H3. The van der Waals surface area contributed by atoms with Crippen LogP contribution in [0.15, 0.2) is 18.2 Å². The van der Waals surface area contributed by atoms with Crippen LogP contribution in [0.1, 0.15) is 39.0 Å². The number of anilines is 1. The summed E-state index contributed by atoms with van der Waals surface area (Å²) in [6, 6.07) is 3.84. The second kappa shape index (κ2) is 5.99. The van der Waals surface area contributed by atoms with Crippen molar-refractivity contribution in [2.75, 3.05) is 5.32 Å². The quantitative estimate of drug-likeness (QED) is 0.659. The summed E-state index contributed by atoms with van der Waals surface area (Å²) in [6.07, 6.45) is 5.48. The van der Waals surface area contributed by atoms with Crippen LogP contribution in [-0.4, -0.2) is 11.0 Å². The Balaban J connectivity index is 2.03. The summed E-state index contributed by atoms with van der Waals surface area (Å²) in [5.74, 6) is 0.344. The maximum absolute atomic E-state index is 13.6. The lowest BCUT2D eigenvalue weighted by molar-refractivity contribution is -0.384. The predicted octanol–water partition coefficient (Wildman–Crippen LogP) is 4.11. The van der Waals surface area contributed by atoms with E-state index in [4.69, 9.17) is 0 Å². The molecule has 1 aliphatic carbocycles. The van der Waals surface area contributed by atoms with Gasteiger partial charge >= 0.3 is 0 Å². The lowest BCUT2D eigenvalue weighted by Gasteiger charge is -2.29. The third kappa shape index (κ3) is 3.43. The Morgan fingerprint density at radius 3 is 2.63 bits per heavy atom. The molecule has 4 nitrogen and oxygen atoms in total. The summed E-state index contributed by atoms with van der Waals surface area (Å²) in [4.78, 5) is 10.2. The molecule has 19 heavy (non-hydrogen) atoms. The molecule has 0 atom stereocenters. The summed E-state index contributed by atoms with van der Waals surface area (Å²) in [5, 5.41) is 13.8. The van der Waals surface area contributed by atoms with Crippen molar-refractivity contribution < 1.29 is 9.31 Å². The molecule has 1 N–H and O–H groups in total. The van der Waals surface area contributed by atoms with Crippen LogP contribution in [0.5, 0.6) is 0 Å². The average Bonchev–Trinajstić information content (AvgIpc) is 2.42. The molecule has 5 heteroatoms. The number of nitro groups is 1. The van der Waals surface area contributed by atoms with Crippen LogP contribution in [0.3, 0.4) is 0 Å². The minimum atomic E-state index is -0.501. The van der Waals surface area contributed by atoms with Gasteiger partial charge in [-0.1, -0.05) is 13.3 Å². The third-order valence-electron chi connectivity index (χ3n) is 3.94. The molecule has 104 valence electrons. The Labute approximate surface area is 112 Å². The van der Waals surface area contributed by atoms with E-state index in [1.54, 1.807) is 0 Å². The lowest BCUT2D eigenvalue weighted by Crippen LogP contribution is -2.26. The Bertz CT molecular complexity index is 457. The van der Waals surface area contributed by atoms with Crippen molar-refractivity contribution in [2.24, 2.45) is 5.92 Å². The van der Waals surface area contributed by atoms with E-state index in [2.05, 4.69) is 12.2 Å². The molecule has 0 radical (unpaired) electrons. The largest absolute Gasteiger partial charge is 0.380 e. The molecule has 1 aliphatic rings. The molecule has 1 saturated carbocycles. The van der Waals surface area contributed by atoms with Crippen LogP contribution in [0.25, 0.3) is 0 Å². The van der Waals surface area contributed by atoms with E-state index in [1.165, 1.54) is 18.6 Å². The van der Waals surface area contributed by atoms with Gasteiger partial charge in [0.1, 0.15) is 5.82 Å². The zero-order chi connectivity index (χ0) is 13.8. The summed E-state index contributed by atoms with van der Waals surface area (Å²) < 4.78 is 13.6. The van der Waals surface area contributed by atoms with Crippen LogP contribution in [0.4, 0.5) is 15.8 Å². The van der Waals surface area contributed by atoms with E-state index in [1.807, 2.05) is 0 Å². The number of halogens is 1. The first kappa shape index (κ1) is 13.8. The SMILES string of the molecule is CCC1CCC(Nc2cc([N+](=O)[O-])ccc2F)CC1. The van der Waals surface area contributed by atoms with Crippen molar-refractivity contribution in [3.8, 4) is 0 Å². The van der Waals surface area contributed by atoms with Crippen molar-refractivity contribution in [2.45, 2.75) is 45.1 Å². The molecule has 0 saturated heterocycles. The smallest absolute Gasteiger partial charge is 0.271 e. The molecule has 0 unspecified atom stereocenters. The first-order valence-electron chi connectivity index (χ1n) is 6.80. The number of nitrogens with zero attached hydrogens (tertiary/aromatic N) is 1. The first-order chi connectivity index (χ1) is 9.10. The van der Waals surface area contributed by atoms with Crippen LogP contribution in [0, 0.1) is 21.8 Å². The molecule has 0 bridgehead atoms. The maximum atomic E-state index is 13.6. The highest BCUT2D eigenvalue weighted by molar-refractivity contribution is 5.52. The van der Waals surface area contributed by atoms with Gasteiger partial charge in [-0.15, -0.1) is 0 Å². The fraction of sp³-hybridized carbons (Fsp3) is 0.571. The van der Waals surface area contributed by atoms with Crippen molar-refractivity contribution in [1.82, 2.24) is 0 Å². The topological polar surface area (TPSA) is 55.2 Å². The molecule has 0 heterocycles. The number of hydrogen-bond donors (Lipinski definition) is 1. The zero-order valence-electron chi connectivity index (χ0n) is 11.1. The summed E-state index contributed by atoms with van der Waals surface area (Å²) in [7, 11) is 0. The van der Waals surface area contributed by atoms with Crippen molar-refractivity contribution >= 4 is 11.4 Å². The van der Waals surface area contributed by atoms with Crippen molar-refractivity contribution in [1.29, 1.82) is 0 Å². The average molecular weight is 266 g/mol. The van der Waals surface area contributed by atoms with E-state index in [0.29, 0.717) is 0 Å². The number of nitro benzene ring substituents is 1. The van der Waals surface area contributed by atoms with Gasteiger partial charge in [-0.3, -0.25) is 10.1 Å². The van der Waals surface area contributed by atoms with Gasteiger partial charge in [0.05, 0.1) is 10.6 Å². The third-order valence-corrected chi connectivity index (χ3v) is 3.94. The first-order valence-corrected chi connectivity index (χ1v) is 6.80. The molecule has 1 fully saturated rings. The van der Waals surface area contributed by atoms with Gasteiger partial charge in [-0.25, -0.2) is 4.39 Å². The van der Waals surface area contributed by atoms with Gasteiger partial charge in [0.15, 0.2) is 0 Å². The van der Waals surface area contributed by atoms with Gasteiger partial charge in [-0.05, 0) is 37.7 Å². The molecule has 0 aromatic heterocycles. The second-order valence-corrected chi connectivity index (χ2v) is 5.19. The van der Waals surface area contributed by atoms with Gasteiger partial charge < -0.3 is 5.32 Å². The van der Waals surface area contributed by atoms with Crippen molar-refractivity contribution in [3.05, 3.63) is 34.1 Å².